The van der Waals surface area contributed by atoms with Gasteiger partial charge in [0.2, 0.25) is 0 Å². The molecule has 0 aromatic rings. The summed E-state index contributed by atoms with van der Waals surface area (Å²) in [6, 6.07) is -0.316. The summed E-state index contributed by atoms with van der Waals surface area (Å²) in [4.78, 5) is 13.1. The number of ketones is 1. The zero-order valence-corrected chi connectivity index (χ0v) is 8.32. The van der Waals surface area contributed by atoms with Gasteiger partial charge in [0.15, 0.2) is 12.0 Å². The molecule has 2 fully saturated rings. The van der Waals surface area contributed by atoms with Crippen molar-refractivity contribution >= 4 is 12.8 Å². The van der Waals surface area contributed by atoms with Gasteiger partial charge < -0.3 is 9.83 Å². The largest absolute Gasteiger partial charge is 0.437 e. The maximum Gasteiger partial charge on any atom is 0.376 e. The van der Waals surface area contributed by atoms with Gasteiger partial charge in [0, 0.05) is 18.5 Å². The minimum Gasteiger partial charge on any atom is -0.437 e. The zero-order chi connectivity index (χ0) is 10.3. The van der Waals surface area contributed by atoms with E-state index in [1.54, 1.807) is 11.6 Å². The molecular weight excluding hydrogens is 184 g/mol. The molecule has 0 amide bonds. The molecule has 2 heterocycles. The molecule has 2 bridgehead atoms. The molecular formula is C9H15BFNO2. The third-order valence-corrected chi connectivity index (χ3v) is 3.36. The lowest BCUT2D eigenvalue weighted by atomic mass is 9.71. The van der Waals surface area contributed by atoms with Gasteiger partial charge in [0.1, 0.15) is 0 Å². The van der Waals surface area contributed by atoms with Gasteiger partial charge in [0.05, 0.1) is 0 Å². The fourth-order valence-corrected chi connectivity index (χ4v) is 2.78. The number of alkyl halides is 1. The molecule has 3 atom stereocenters. The first kappa shape index (κ1) is 10.1. The highest BCUT2D eigenvalue weighted by Crippen LogP contribution is 2.34. The highest BCUT2D eigenvalue weighted by Gasteiger charge is 2.46. The zero-order valence-electron chi connectivity index (χ0n) is 8.32. The number of Topliss-reactive ketones (excluding diaryl/α,β-unsaturated/α-hetero) is 1. The van der Waals surface area contributed by atoms with Crippen LogP contribution in [0.15, 0.2) is 0 Å². The molecule has 0 aliphatic carbocycles. The van der Waals surface area contributed by atoms with Crippen LogP contribution in [0.25, 0.3) is 0 Å². The predicted molar refractivity (Wildman–Crippen MR) is 51.6 cm³/mol. The van der Waals surface area contributed by atoms with Crippen LogP contribution in [0.5, 0.6) is 0 Å². The third kappa shape index (κ3) is 1.48. The normalized spacial score (nSPS) is 38.5. The minimum atomic E-state index is -1.39. The van der Waals surface area contributed by atoms with Crippen molar-refractivity contribution in [1.82, 2.24) is 4.81 Å². The van der Waals surface area contributed by atoms with E-state index in [1.807, 2.05) is 0 Å². The maximum absolute atomic E-state index is 13.6. The molecule has 1 N–H and O–H groups in total. The Morgan fingerprint density at radius 1 is 1.57 bits per heavy atom. The van der Waals surface area contributed by atoms with E-state index in [9.17, 15) is 14.2 Å². The van der Waals surface area contributed by atoms with E-state index in [2.05, 4.69) is 0 Å². The molecule has 5 heteroatoms. The van der Waals surface area contributed by atoms with E-state index < -0.39 is 13.2 Å². The van der Waals surface area contributed by atoms with E-state index in [4.69, 9.17) is 0 Å². The Kier molecular flexibility index (Phi) is 2.62. The van der Waals surface area contributed by atoms with Crippen LogP contribution in [0.1, 0.15) is 25.7 Å². The van der Waals surface area contributed by atoms with Gasteiger partial charge in [-0.2, -0.15) is 0 Å². The molecule has 0 radical (unpaired) electrons. The summed E-state index contributed by atoms with van der Waals surface area (Å²) in [5.41, 5.74) is 0. The first-order chi connectivity index (χ1) is 6.61. The highest BCUT2D eigenvalue weighted by atomic mass is 19.1. The smallest absolute Gasteiger partial charge is 0.376 e. The summed E-state index contributed by atoms with van der Waals surface area (Å²) in [6.45, 7) is 1.65. The van der Waals surface area contributed by atoms with Gasteiger partial charge in [-0.25, -0.2) is 4.39 Å². The Morgan fingerprint density at radius 3 is 2.93 bits per heavy atom. The van der Waals surface area contributed by atoms with Crippen molar-refractivity contribution in [2.75, 3.05) is 0 Å². The molecule has 3 nitrogen and oxygen atoms in total. The second-order valence-corrected chi connectivity index (χ2v) is 4.30. The Balaban J connectivity index is 2.22. The average Bonchev–Trinajstić information content (AvgIpc) is 2.14. The highest BCUT2D eigenvalue weighted by molar-refractivity contribution is 6.45. The van der Waals surface area contributed by atoms with Crippen molar-refractivity contribution < 1.29 is 14.2 Å². The van der Waals surface area contributed by atoms with Gasteiger partial charge >= 0.3 is 7.05 Å². The van der Waals surface area contributed by atoms with Gasteiger partial charge in [0.25, 0.3) is 0 Å². The topological polar surface area (TPSA) is 40.5 Å². The number of nitrogens with zero attached hydrogens (tertiary/aromatic N) is 1. The van der Waals surface area contributed by atoms with Crippen LogP contribution in [0, 0.1) is 0 Å². The number of carbonyl (C=O) groups is 1. The van der Waals surface area contributed by atoms with Crippen molar-refractivity contribution in [3.63, 3.8) is 0 Å². The van der Waals surface area contributed by atoms with Crippen LogP contribution in [-0.4, -0.2) is 40.9 Å². The number of fused-ring (bicyclic) bond motifs is 2. The molecule has 0 aromatic heterocycles. The van der Waals surface area contributed by atoms with Crippen molar-refractivity contribution in [3.8, 4) is 0 Å². The van der Waals surface area contributed by atoms with E-state index in [-0.39, 0.29) is 24.3 Å². The van der Waals surface area contributed by atoms with Crippen LogP contribution >= 0.6 is 0 Å². The number of halogens is 1. The summed E-state index contributed by atoms with van der Waals surface area (Å²) in [5, 5.41) is 9.53. The molecule has 2 rings (SSSR count). The van der Waals surface area contributed by atoms with Crippen LogP contribution in [0.4, 0.5) is 4.39 Å². The standard InChI is InChI=1S/C9H15BFNO2/c1-10(14)12-6-3-2-4-7(12)9(11)8(13)5-6/h6-7,9,14H,2-5H2,1H3. The van der Waals surface area contributed by atoms with E-state index in [0.717, 1.165) is 12.8 Å². The Morgan fingerprint density at radius 2 is 2.29 bits per heavy atom. The molecule has 0 saturated carbocycles. The van der Waals surface area contributed by atoms with Gasteiger partial charge in [-0.05, 0) is 19.7 Å². The summed E-state index contributed by atoms with van der Waals surface area (Å²) >= 11 is 0. The number of hydrogen-bond donors (Lipinski definition) is 1. The first-order valence-corrected chi connectivity index (χ1v) is 5.23. The quantitative estimate of drug-likeness (QED) is 0.629. The van der Waals surface area contributed by atoms with Crippen LogP contribution in [0.2, 0.25) is 6.82 Å². The molecule has 2 aliphatic heterocycles. The number of hydrogen-bond acceptors (Lipinski definition) is 3. The van der Waals surface area contributed by atoms with E-state index in [0.29, 0.717) is 6.42 Å². The van der Waals surface area contributed by atoms with Gasteiger partial charge in [-0.3, -0.25) is 4.79 Å². The summed E-state index contributed by atoms with van der Waals surface area (Å²) in [6.07, 6.45) is 1.43. The molecule has 2 saturated heterocycles. The van der Waals surface area contributed by atoms with Gasteiger partial charge in [-0.15, -0.1) is 0 Å². The van der Waals surface area contributed by atoms with Crippen LogP contribution in [-0.2, 0) is 4.79 Å². The average molecular weight is 199 g/mol. The number of rotatable bonds is 1. The van der Waals surface area contributed by atoms with Gasteiger partial charge in [-0.1, -0.05) is 6.42 Å². The predicted octanol–water partition coefficient (Wildman–Crippen LogP) is 0.631. The Hall–Kier alpha value is -0.415. The van der Waals surface area contributed by atoms with E-state index >= 15 is 0 Å². The van der Waals surface area contributed by atoms with Crippen LogP contribution in [0.3, 0.4) is 0 Å². The minimum absolute atomic E-state index is 0.0632. The summed E-state index contributed by atoms with van der Waals surface area (Å²) < 4.78 is 13.6. The van der Waals surface area contributed by atoms with Crippen molar-refractivity contribution in [2.24, 2.45) is 0 Å². The SMILES string of the molecule is CB(O)N1C2CCCC1C(F)C(=O)C2. The fourth-order valence-electron chi connectivity index (χ4n) is 2.78. The fraction of sp³-hybridized carbons (Fsp3) is 0.889. The molecule has 14 heavy (non-hydrogen) atoms. The van der Waals surface area contributed by atoms with Crippen molar-refractivity contribution in [1.29, 1.82) is 0 Å². The Bertz CT molecular complexity index is 249. The molecule has 0 aromatic carbocycles. The molecule has 3 unspecified atom stereocenters. The molecule has 78 valence electrons. The summed E-state index contributed by atoms with van der Waals surface area (Å²) in [7, 11) is -0.642. The second kappa shape index (κ2) is 3.63. The lowest BCUT2D eigenvalue weighted by molar-refractivity contribution is -0.132. The second-order valence-electron chi connectivity index (χ2n) is 4.30. The van der Waals surface area contributed by atoms with Crippen molar-refractivity contribution in [2.45, 2.75) is 50.8 Å². The maximum atomic E-state index is 13.6. The Labute approximate surface area is 83.4 Å². The number of piperidine rings is 2. The third-order valence-electron chi connectivity index (χ3n) is 3.36. The number of carbonyl (C=O) groups excluding carboxylic acids is 1. The van der Waals surface area contributed by atoms with Crippen molar-refractivity contribution in [3.05, 3.63) is 0 Å². The van der Waals surface area contributed by atoms with Crippen LogP contribution < -0.4 is 0 Å². The molecule has 2 aliphatic rings. The molecule has 0 spiro atoms. The van der Waals surface area contributed by atoms with E-state index in [1.165, 1.54) is 0 Å². The monoisotopic (exact) mass is 199 g/mol. The first-order valence-electron chi connectivity index (χ1n) is 5.23. The lowest BCUT2D eigenvalue weighted by Crippen LogP contribution is -2.62. The summed E-state index contributed by atoms with van der Waals surface area (Å²) in [5.74, 6) is -0.281. The lowest BCUT2D eigenvalue weighted by Gasteiger charge is -2.47.